The molecule has 2 aliphatic rings. The van der Waals surface area contributed by atoms with Crippen LogP contribution in [0.2, 0.25) is 0 Å². The quantitative estimate of drug-likeness (QED) is 0.833. The molecule has 0 aromatic carbocycles. The summed E-state index contributed by atoms with van der Waals surface area (Å²) in [6.45, 7) is 4.68. The molecule has 6 nitrogen and oxygen atoms in total. The summed E-state index contributed by atoms with van der Waals surface area (Å²) < 4.78 is 1.62. The Morgan fingerprint density at radius 1 is 1.29 bits per heavy atom. The van der Waals surface area contributed by atoms with Gasteiger partial charge in [0.2, 0.25) is 0 Å². The summed E-state index contributed by atoms with van der Waals surface area (Å²) in [7, 11) is 3.99. The molecule has 0 saturated carbocycles. The molecule has 0 radical (unpaired) electrons. The number of aromatic nitrogens is 2. The molecular formula is C15H25N5O. The molecule has 2 fully saturated rings. The van der Waals surface area contributed by atoms with Crippen molar-refractivity contribution in [2.75, 3.05) is 32.4 Å². The van der Waals surface area contributed by atoms with Gasteiger partial charge in [-0.15, -0.1) is 0 Å². The molecule has 21 heavy (non-hydrogen) atoms. The zero-order chi connectivity index (χ0) is 15.1. The molecule has 6 heteroatoms. The van der Waals surface area contributed by atoms with Crippen LogP contribution in [-0.2, 0) is 7.05 Å². The Balaban J connectivity index is 1.77. The van der Waals surface area contributed by atoms with Crippen LogP contribution in [0.15, 0.2) is 0 Å². The van der Waals surface area contributed by atoms with Crippen molar-refractivity contribution < 1.29 is 4.79 Å². The van der Waals surface area contributed by atoms with Gasteiger partial charge in [0.15, 0.2) is 0 Å². The van der Waals surface area contributed by atoms with Crippen LogP contribution in [0, 0.1) is 12.8 Å². The Kier molecular flexibility index (Phi) is 3.65. The highest BCUT2D eigenvalue weighted by molar-refractivity contribution is 5.98. The molecule has 0 spiro atoms. The van der Waals surface area contributed by atoms with Crippen LogP contribution in [0.5, 0.6) is 0 Å². The second kappa shape index (κ2) is 5.33. The molecule has 2 unspecified atom stereocenters. The lowest BCUT2D eigenvalue weighted by Crippen LogP contribution is -2.54. The minimum atomic E-state index is 0.0299. The number of amides is 1. The number of fused-ring (bicyclic) bond motifs is 1. The minimum absolute atomic E-state index is 0.0299. The number of piperidine rings is 2. The maximum atomic E-state index is 12.8. The topological polar surface area (TPSA) is 67.4 Å². The number of hydrogen-bond acceptors (Lipinski definition) is 4. The van der Waals surface area contributed by atoms with Gasteiger partial charge in [0.05, 0.1) is 11.4 Å². The largest absolute Gasteiger partial charge is 0.395 e. The fourth-order valence-electron chi connectivity index (χ4n) is 3.91. The second-order valence-electron chi connectivity index (χ2n) is 6.46. The van der Waals surface area contributed by atoms with Crippen LogP contribution in [0.1, 0.15) is 35.4 Å². The third-order valence-corrected chi connectivity index (χ3v) is 5.10. The number of hydrogen-bond donors (Lipinski definition) is 1. The van der Waals surface area contributed by atoms with Crippen molar-refractivity contribution in [3.05, 3.63) is 11.4 Å². The lowest BCUT2D eigenvalue weighted by Gasteiger charge is -2.45. The highest BCUT2D eigenvalue weighted by Gasteiger charge is 2.37. The summed E-state index contributed by atoms with van der Waals surface area (Å²) in [4.78, 5) is 17.2. The number of anilines is 1. The van der Waals surface area contributed by atoms with E-state index in [9.17, 15) is 4.79 Å². The zero-order valence-corrected chi connectivity index (χ0v) is 13.2. The maximum absolute atomic E-state index is 12.8. The normalized spacial score (nSPS) is 26.7. The summed E-state index contributed by atoms with van der Waals surface area (Å²) >= 11 is 0. The molecule has 2 atom stereocenters. The van der Waals surface area contributed by atoms with E-state index in [1.54, 1.807) is 11.7 Å². The van der Waals surface area contributed by atoms with Crippen molar-refractivity contribution in [3.8, 4) is 0 Å². The molecule has 2 N–H and O–H groups in total. The molecular weight excluding hydrogens is 266 g/mol. The van der Waals surface area contributed by atoms with Gasteiger partial charge in [0.1, 0.15) is 5.69 Å². The monoisotopic (exact) mass is 291 g/mol. The van der Waals surface area contributed by atoms with E-state index in [4.69, 9.17) is 5.73 Å². The fourth-order valence-corrected chi connectivity index (χ4v) is 3.91. The van der Waals surface area contributed by atoms with Crippen LogP contribution in [0.3, 0.4) is 0 Å². The Labute approximate surface area is 125 Å². The molecule has 1 amide bonds. The number of rotatable bonds is 1. The first-order valence-corrected chi connectivity index (χ1v) is 7.77. The van der Waals surface area contributed by atoms with Gasteiger partial charge in [-0.05, 0) is 45.7 Å². The van der Waals surface area contributed by atoms with E-state index in [0.29, 0.717) is 23.3 Å². The Morgan fingerprint density at radius 3 is 2.71 bits per heavy atom. The van der Waals surface area contributed by atoms with Gasteiger partial charge < -0.3 is 15.5 Å². The van der Waals surface area contributed by atoms with Gasteiger partial charge >= 0.3 is 0 Å². The molecule has 116 valence electrons. The first-order chi connectivity index (χ1) is 9.99. The number of nitrogens with zero attached hydrogens (tertiary/aromatic N) is 4. The number of nitrogens with two attached hydrogens (primary N) is 1. The lowest BCUT2D eigenvalue weighted by molar-refractivity contribution is 0.0311. The lowest BCUT2D eigenvalue weighted by atomic mass is 9.84. The maximum Gasteiger partial charge on any atom is 0.274 e. The van der Waals surface area contributed by atoms with E-state index in [1.807, 2.05) is 11.8 Å². The van der Waals surface area contributed by atoms with E-state index in [-0.39, 0.29) is 5.91 Å². The summed E-state index contributed by atoms with van der Waals surface area (Å²) in [5.74, 6) is 0.624. The number of carbonyl (C=O) groups excluding carboxylic acids is 1. The molecule has 2 saturated heterocycles. The van der Waals surface area contributed by atoms with Crippen LogP contribution < -0.4 is 5.73 Å². The minimum Gasteiger partial charge on any atom is -0.395 e. The van der Waals surface area contributed by atoms with E-state index >= 15 is 0 Å². The van der Waals surface area contributed by atoms with Gasteiger partial charge in [-0.1, -0.05) is 0 Å². The van der Waals surface area contributed by atoms with Crippen LogP contribution >= 0.6 is 0 Å². The van der Waals surface area contributed by atoms with Crippen LogP contribution in [0.25, 0.3) is 0 Å². The SMILES string of the molecule is Cc1nn(C)c(C(=O)N2CCC3C(CCCN3C)C2)c1N. The molecule has 1 aromatic rings. The standard InChI is InChI=1S/C15H25N5O/c1-10-13(16)14(19(3)17-10)15(21)20-8-6-12-11(9-20)5-4-7-18(12)2/h11-12H,4-9,16H2,1-3H3. The van der Waals surface area contributed by atoms with Crippen LogP contribution in [-0.4, -0.2) is 58.2 Å². The molecule has 0 bridgehead atoms. The van der Waals surface area contributed by atoms with Gasteiger partial charge in [-0.25, -0.2) is 0 Å². The fraction of sp³-hybridized carbons (Fsp3) is 0.733. The van der Waals surface area contributed by atoms with E-state index < -0.39 is 0 Å². The third-order valence-electron chi connectivity index (χ3n) is 5.10. The molecule has 0 aliphatic carbocycles. The molecule has 1 aromatic heterocycles. The molecule has 3 heterocycles. The summed E-state index contributed by atoms with van der Waals surface area (Å²) in [5, 5.41) is 4.26. The third kappa shape index (κ3) is 2.41. The van der Waals surface area contributed by atoms with Gasteiger partial charge in [0, 0.05) is 26.2 Å². The zero-order valence-electron chi connectivity index (χ0n) is 13.2. The van der Waals surface area contributed by atoms with E-state index in [1.165, 1.54) is 19.4 Å². The van der Waals surface area contributed by atoms with Crippen molar-refractivity contribution in [3.63, 3.8) is 0 Å². The van der Waals surface area contributed by atoms with Gasteiger partial charge in [-0.2, -0.15) is 5.10 Å². The predicted molar refractivity (Wildman–Crippen MR) is 82.0 cm³/mol. The number of likely N-dealkylation sites (tertiary alicyclic amines) is 2. The Bertz CT molecular complexity index is 553. The summed E-state index contributed by atoms with van der Waals surface area (Å²) in [5.41, 5.74) is 7.81. The van der Waals surface area contributed by atoms with Crippen molar-refractivity contribution in [1.82, 2.24) is 19.6 Å². The first kappa shape index (κ1) is 14.4. The van der Waals surface area contributed by atoms with Gasteiger partial charge in [0.25, 0.3) is 5.91 Å². The van der Waals surface area contributed by atoms with Crippen molar-refractivity contribution in [1.29, 1.82) is 0 Å². The van der Waals surface area contributed by atoms with Crippen molar-refractivity contribution in [2.45, 2.75) is 32.2 Å². The van der Waals surface area contributed by atoms with E-state index in [2.05, 4.69) is 17.0 Å². The smallest absolute Gasteiger partial charge is 0.274 e. The first-order valence-electron chi connectivity index (χ1n) is 7.77. The Hall–Kier alpha value is -1.56. The van der Waals surface area contributed by atoms with Crippen LogP contribution in [0.4, 0.5) is 5.69 Å². The average Bonchev–Trinajstić information content (AvgIpc) is 2.71. The summed E-state index contributed by atoms with van der Waals surface area (Å²) in [6.07, 6.45) is 3.51. The summed E-state index contributed by atoms with van der Waals surface area (Å²) in [6, 6.07) is 0.633. The van der Waals surface area contributed by atoms with Crippen molar-refractivity contribution in [2.24, 2.45) is 13.0 Å². The van der Waals surface area contributed by atoms with Crippen molar-refractivity contribution >= 4 is 11.6 Å². The molecule has 2 aliphatic heterocycles. The second-order valence-corrected chi connectivity index (χ2v) is 6.46. The number of carbonyl (C=O) groups is 1. The Morgan fingerprint density at radius 2 is 2.05 bits per heavy atom. The highest BCUT2D eigenvalue weighted by atomic mass is 16.2. The highest BCUT2D eigenvalue weighted by Crippen LogP contribution is 2.30. The molecule has 3 rings (SSSR count). The number of aryl methyl sites for hydroxylation is 2. The predicted octanol–water partition coefficient (Wildman–Crippen LogP) is 0.867. The number of nitrogen functional groups attached to an aromatic ring is 1. The van der Waals surface area contributed by atoms with Gasteiger partial charge in [-0.3, -0.25) is 9.48 Å². The van der Waals surface area contributed by atoms with E-state index in [0.717, 1.165) is 25.2 Å². The average molecular weight is 291 g/mol.